The summed E-state index contributed by atoms with van der Waals surface area (Å²) < 4.78 is 100. The van der Waals surface area contributed by atoms with Gasteiger partial charge in [-0.15, -0.1) is 0 Å². The van der Waals surface area contributed by atoms with Crippen molar-refractivity contribution in [2.75, 3.05) is 0 Å². The van der Waals surface area contributed by atoms with Gasteiger partial charge in [0.1, 0.15) is 11.7 Å². The molecular weight excluding hydrogens is 441 g/mol. The van der Waals surface area contributed by atoms with Crippen LogP contribution in [0.25, 0.3) is 0 Å². The number of carbonyl (C=O) groups is 1. The van der Waals surface area contributed by atoms with Crippen molar-refractivity contribution in [2.45, 2.75) is 25.3 Å². The minimum atomic E-state index is -5.66. The van der Waals surface area contributed by atoms with Crippen molar-refractivity contribution < 1.29 is 40.3 Å². The first-order valence-corrected chi connectivity index (χ1v) is 9.26. The maximum Gasteiger partial charge on any atom is 0.422 e. The zero-order valence-electron chi connectivity index (χ0n) is 16.2. The molecule has 0 N–H and O–H groups in total. The van der Waals surface area contributed by atoms with Gasteiger partial charge in [-0.05, 0) is 11.1 Å². The molecule has 0 saturated heterocycles. The second-order valence-electron chi connectivity index (χ2n) is 6.84. The molecule has 1 atom stereocenters. The number of benzene rings is 3. The maximum absolute atomic E-state index is 14.2. The van der Waals surface area contributed by atoms with E-state index in [0.717, 1.165) is 0 Å². The first kappa shape index (κ1) is 23.5. The lowest BCUT2D eigenvalue weighted by molar-refractivity contribution is -0.143. The predicted molar refractivity (Wildman–Crippen MR) is 100 cm³/mol. The van der Waals surface area contributed by atoms with Crippen LogP contribution in [0, 0.1) is 23.3 Å². The lowest BCUT2D eigenvalue weighted by Crippen LogP contribution is -2.22. The molecule has 0 radical (unpaired) electrons. The van der Waals surface area contributed by atoms with Gasteiger partial charge >= 0.3 is 6.18 Å². The van der Waals surface area contributed by atoms with Crippen LogP contribution in [0.5, 0.6) is 0 Å². The minimum absolute atomic E-state index is 0.0765. The smallest absolute Gasteiger partial charge is 0.361 e. The van der Waals surface area contributed by atoms with Gasteiger partial charge in [0.2, 0.25) is 0 Å². The molecule has 0 aliphatic heterocycles. The number of alkyl halides is 3. The van der Waals surface area contributed by atoms with E-state index in [-0.39, 0.29) is 6.61 Å². The summed E-state index contributed by atoms with van der Waals surface area (Å²) in [5, 5.41) is 0. The van der Waals surface area contributed by atoms with E-state index in [1.54, 1.807) is 48.5 Å². The molecule has 3 aromatic rings. The van der Waals surface area contributed by atoms with E-state index in [4.69, 9.17) is 4.74 Å². The molecule has 3 aromatic carbocycles. The van der Waals surface area contributed by atoms with Crippen LogP contribution in [0.3, 0.4) is 0 Å². The monoisotopic (exact) mass is 456 g/mol. The quantitative estimate of drug-likeness (QED) is 0.307. The van der Waals surface area contributed by atoms with Crippen LogP contribution in [0.4, 0.5) is 30.7 Å². The van der Waals surface area contributed by atoms with Crippen LogP contribution < -0.4 is 0 Å². The largest absolute Gasteiger partial charge is 0.422 e. The fourth-order valence-electron chi connectivity index (χ4n) is 3.10. The van der Waals surface area contributed by atoms with Crippen molar-refractivity contribution in [3.05, 3.63) is 106 Å². The summed E-state index contributed by atoms with van der Waals surface area (Å²) in [5.41, 5.74) is -3.17. The Morgan fingerprint density at radius 1 is 0.781 bits per heavy atom. The Kier molecular flexibility index (Phi) is 6.98. The summed E-state index contributed by atoms with van der Waals surface area (Å²) in [5.74, 6) is -10.8. The topological polar surface area (TPSA) is 26.3 Å². The van der Waals surface area contributed by atoms with Crippen LogP contribution in [-0.2, 0) is 28.7 Å². The van der Waals surface area contributed by atoms with Gasteiger partial charge in [-0.1, -0.05) is 60.7 Å². The van der Waals surface area contributed by atoms with Gasteiger partial charge in [-0.3, -0.25) is 4.79 Å². The van der Waals surface area contributed by atoms with E-state index in [0.29, 0.717) is 11.1 Å². The second kappa shape index (κ2) is 9.52. The Morgan fingerprint density at radius 3 is 1.78 bits per heavy atom. The molecule has 0 spiro atoms. The number of rotatable bonds is 7. The highest BCUT2D eigenvalue weighted by Crippen LogP contribution is 2.37. The maximum atomic E-state index is 14.2. The third kappa shape index (κ3) is 4.99. The van der Waals surface area contributed by atoms with Crippen LogP contribution in [0.15, 0.2) is 60.7 Å². The van der Waals surface area contributed by atoms with Crippen molar-refractivity contribution >= 4 is 5.78 Å². The summed E-state index contributed by atoms with van der Waals surface area (Å²) in [6, 6.07) is 16.4. The third-order valence-corrected chi connectivity index (χ3v) is 4.64. The average molecular weight is 456 g/mol. The fraction of sp³-hybridized carbons (Fsp3) is 0.174. The number of Topliss-reactive ketones (excluding diaryl/α,β-unsaturated/α-hetero) is 1. The SMILES string of the molecule is O=C(Cc1c(F)c(F)c(C(F)(F)F)c(F)c1F)C(OCc1ccccc1)c1ccccc1. The van der Waals surface area contributed by atoms with Gasteiger partial charge < -0.3 is 4.74 Å². The number of carbonyl (C=O) groups excluding carboxylic acids is 1. The van der Waals surface area contributed by atoms with E-state index < -0.39 is 58.9 Å². The number of hydrogen-bond acceptors (Lipinski definition) is 2. The number of hydrogen-bond donors (Lipinski definition) is 0. The van der Waals surface area contributed by atoms with Gasteiger partial charge in [0.15, 0.2) is 29.1 Å². The molecule has 0 aliphatic carbocycles. The van der Waals surface area contributed by atoms with Gasteiger partial charge in [0, 0.05) is 12.0 Å². The minimum Gasteiger partial charge on any atom is -0.361 e. The normalized spacial score (nSPS) is 12.6. The van der Waals surface area contributed by atoms with Gasteiger partial charge in [0.25, 0.3) is 0 Å². The molecule has 0 fully saturated rings. The highest BCUT2D eigenvalue weighted by molar-refractivity contribution is 5.86. The van der Waals surface area contributed by atoms with E-state index in [1.165, 1.54) is 12.1 Å². The summed E-state index contributed by atoms with van der Waals surface area (Å²) in [6.07, 6.45) is -8.27. The zero-order valence-corrected chi connectivity index (χ0v) is 16.2. The second-order valence-corrected chi connectivity index (χ2v) is 6.84. The van der Waals surface area contributed by atoms with Crippen molar-refractivity contribution in [1.29, 1.82) is 0 Å². The highest BCUT2D eigenvalue weighted by Gasteiger charge is 2.42. The van der Waals surface area contributed by atoms with Crippen LogP contribution >= 0.6 is 0 Å². The van der Waals surface area contributed by atoms with Gasteiger partial charge in [-0.2, -0.15) is 13.2 Å². The Labute approximate surface area is 178 Å². The molecule has 9 heteroatoms. The predicted octanol–water partition coefficient (Wildman–Crippen LogP) is 6.33. The Bertz CT molecular complexity index is 1070. The van der Waals surface area contributed by atoms with Gasteiger partial charge in [-0.25, -0.2) is 17.6 Å². The van der Waals surface area contributed by atoms with Crippen molar-refractivity contribution in [2.24, 2.45) is 0 Å². The molecular formula is C23H15F7O2. The van der Waals surface area contributed by atoms with Crippen LogP contribution in [0.2, 0.25) is 0 Å². The molecule has 3 rings (SSSR count). The van der Waals surface area contributed by atoms with Crippen molar-refractivity contribution in [3.63, 3.8) is 0 Å². The van der Waals surface area contributed by atoms with Crippen molar-refractivity contribution in [3.8, 4) is 0 Å². The molecule has 1 unspecified atom stereocenters. The highest BCUT2D eigenvalue weighted by atomic mass is 19.4. The summed E-state index contributed by atoms with van der Waals surface area (Å²) in [4.78, 5) is 12.8. The fourth-order valence-corrected chi connectivity index (χ4v) is 3.10. The van der Waals surface area contributed by atoms with Crippen LogP contribution in [-0.4, -0.2) is 5.78 Å². The molecule has 0 bridgehead atoms. The standard InChI is InChI=1S/C23H15F7O2/c24-18-15(19(25)21(27)17(20(18)26)23(28,29)30)11-16(31)22(14-9-5-2-6-10-14)32-12-13-7-3-1-4-8-13/h1-10,22H,11-12H2. The summed E-state index contributed by atoms with van der Waals surface area (Å²) in [7, 11) is 0. The van der Waals surface area contributed by atoms with Gasteiger partial charge in [0.05, 0.1) is 6.61 Å². The number of ether oxygens (including phenoxy) is 1. The third-order valence-electron chi connectivity index (χ3n) is 4.64. The Hall–Kier alpha value is -3.20. The first-order chi connectivity index (χ1) is 15.1. The molecule has 0 saturated carbocycles. The van der Waals surface area contributed by atoms with E-state index in [2.05, 4.69) is 0 Å². The Balaban J connectivity index is 1.94. The molecule has 0 aromatic heterocycles. The summed E-state index contributed by atoms with van der Waals surface area (Å²) in [6.45, 7) is -0.0765. The van der Waals surface area contributed by atoms with E-state index >= 15 is 0 Å². The average Bonchev–Trinajstić information content (AvgIpc) is 2.76. The molecule has 0 heterocycles. The lowest BCUT2D eigenvalue weighted by Gasteiger charge is -2.19. The zero-order chi connectivity index (χ0) is 23.5. The van der Waals surface area contributed by atoms with Crippen LogP contribution in [0.1, 0.15) is 28.4 Å². The van der Waals surface area contributed by atoms with E-state index in [1.807, 2.05) is 0 Å². The Morgan fingerprint density at radius 2 is 1.28 bits per heavy atom. The molecule has 32 heavy (non-hydrogen) atoms. The molecule has 2 nitrogen and oxygen atoms in total. The molecule has 168 valence electrons. The molecule has 0 aliphatic rings. The number of ketones is 1. The first-order valence-electron chi connectivity index (χ1n) is 9.26. The summed E-state index contributed by atoms with van der Waals surface area (Å²) >= 11 is 0. The van der Waals surface area contributed by atoms with Crippen molar-refractivity contribution in [1.82, 2.24) is 0 Å². The van der Waals surface area contributed by atoms with E-state index in [9.17, 15) is 35.5 Å². The number of halogens is 7. The lowest BCUT2D eigenvalue weighted by atomic mass is 9.97. The molecule has 0 amide bonds.